The molecule has 0 unspecified atom stereocenters. The van der Waals surface area contributed by atoms with Gasteiger partial charge >= 0.3 is 0 Å². The summed E-state index contributed by atoms with van der Waals surface area (Å²) in [4.78, 5) is 4.64. The van der Waals surface area contributed by atoms with Crippen molar-refractivity contribution in [1.82, 2.24) is 4.98 Å². The van der Waals surface area contributed by atoms with E-state index in [1.54, 1.807) is 0 Å². The molecule has 0 saturated carbocycles. The molecule has 0 radical (unpaired) electrons. The lowest BCUT2D eigenvalue weighted by molar-refractivity contribution is 0.360. The summed E-state index contributed by atoms with van der Waals surface area (Å²) in [7, 11) is 0. The Morgan fingerprint density at radius 3 is 1.76 bits per heavy atom. The number of rotatable bonds is 4. The van der Waals surface area contributed by atoms with Gasteiger partial charge in [-0.3, -0.25) is 4.98 Å². The lowest BCUT2D eigenvalue weighted by atomic mass is 9.67. The minimum Gasteiger partial charge on any atom is -0.449 e. The molecule has 3 nitrogen and oxygen atoms in total. The van der Waals surface area contributed by atoms with Gasteiger partial charge in [0.2, 0.25) is 0 Å². The van der Waals surface area contributed by atoms with Gasteiger partial charge < -0.3 is 9.47 Å². The van der Waals surface area contributed by atoms with E-state index >= 15 is 0 Å². The normalized spacial score (nSPS) is 13.4. The molecule has 2 aliphatic rings. The Morgan fingerprint density at radius 1 is 0.400 bits per heavy atom. The predicted molar refractivity (Wildman–Crippen MR) is 179 cm³/mol. The second kappa shape index (κ2) is 10.1. The molecule has 0 N–H and O–H groups in total. The fourth-order valence-electron chi connectivity index (χ4n) is 7.21. The van der Waals surface area contributed by atoms with Gasteiger partial charge in [-0.1, -0.05) is 127 Å². The van der Waals surface area contributed by atoms with Crippen LogP contribution in [0.25, 0.3) is 33.5 Å². The summed E-state index contributed by atoms with van der Waals surface area (Å²) in [5.74, 6) is 2.81. The average molecular weight is 578 g/mol. The quantitative estimate of drug-likeness (QED) is 0.208. The van der Waals surface area contributed by atoms with E-state index in [2.05, 4.69) is 126 Å². The van der Waals surface area contributed by atoms with Gasteiger partial charge in [-0.2, -0.15) is 0 Å². The van der Waals surface area contributed by atoms with Gasteiger partial charge in [0.25, 0.3) is 0 Å². The SMILES string of the molecule is c1ccc(C2(c3ccccc3)c3ccccc3-c3cc4c(cc32)Oc2cccc(-c3ccccc3-c3ccccn3)c2O4)cc1. The number of para-hydroxylation sites is 1. The molecule has 9 rings (SSSR count). The number of hydrogen-bond acceptors (Lipinski definition) is 3. The van der Waals surface area contributed by atoms with Gasteiger partial charge in [0.05, 0.1) is 11.1 Å². The Balaban J connectivity index is 1.24. The zero-order chi connectivity index (χ0) is 29.8. The molecular weight excluding hydrogens is 550 g/mol. The molecular formula is C42H27NO2. The van der Waals surface area contributed by atoms with Gasteiger partial charge in [-0.15, -0.1) is 0 Å². The molecule has 0 saturated heterocycles. The number of aromatic nitrogens is 1. The van der Waals surface area contributed by atoms with Gasteiger partial charge in [0.1, 0.15) is 0 Å². The van der Waals surface area contributed by atoms with Gasteiger partial charge in [0, 0.05) is 17.3 Å². The Hall–Kier alpha value is -5.93. The van der Waals surface area contributed by atoms with E-state index in [9.17, 15) is 0 Å². The lowest BCUT2D eigenvalue weighted by Gasteiger charge is -2.34. The molecule has 1 aromatic heterocycles. The van der Waals surface area contributed by atoms with E-state index in [0.29, 0.717) is 23.0 Å². The van der Waals surface area contributed by atoms with Crippen molar-refractivity contribution in [3.05, 3.63) is 186 Å². The predicted octanol–water partition coefficient (Wildman–Crippen LogP) is 10.7. The number of fused-ring (bicyclic) bond motifs is 5. The maximum atomic E-state index is 6.83. The zero-order valence-corrected chi connectivity index (χ0v) is 24.4. The molecule has 1 aliphatic carbocycles. The van der Waals surface area contributed by atoms with Crippen LogP contribution in [0.15, 0.2) is 164 Å². The van der Waals surface area contributed by atoms with Crippen LogP contribution in [-0.4, -0.2) is 4.98 Å². The molecule has 0 spiro atoms. The Kier molecular flexibility index (Phi) is 5.72. The highest BCUT2D eigenvalue weighted by molar-refractivity contribution is 5.90. The van der Waals surface area contributed by atoms with Crippen molar-refractivity contribution < 1.29 is 9.47 Å². The first-order chi connectivity index (χ1) is 22.3. The number of pyridine rings is 1. The molecule has 0 atom stereocenters. The largest absolute Gasteiger partial charge is 0.449 e. The summed E-state index contributed by atoms with van der Waals surface area (Å²) in [5.41, 5.74) is 10.7. The Labute approximate surface area is 262 Å². The number of nitrogens with zero attached hydrogens (tertiary/aromatic N) is 1. The lowest BCUT2D eigenvalue weighted by Crippen LogP contribution is -2.28. The van der Waals surface area contributed by atoms with E-state index in [-0.39, 0.29) is 0 Å². The van der Waals surface area contributed by atoms with E-state index in [0.717, 1.165) is 27.9 Å². The van der Waals surface area contributed by atoms with Crippen LogP contribution in [-0.2, 0) is 5.41 Å². The first-order valence-electron chi connectivity index (χ1n) is 15.2. The first kappa shape index (κ1) is 25.6. The second-order valence-corrected chi connectivity index (χ2v) is 11.5. The first-order valence-corrected chi connectivity index (χ1v) is 15.2. The van der Waals surface area contributed by atoms with Crippen LogP contribution in [0.5, 0.6) is 23.0 Å². The van der Waals surface area contributed by atoms with Crippen molar-refractivity contribution in [3.63, 3.8) is 0 Å². The fourth-order valence-corrected chi connectivity index (χ4v) is 7.21. The Morgan fingerprint density at radius 2 is 1.02 bits per heavy atom. The molecule has 1 aliphatic heterocycles. The van der Waals surface area contributed by atoms with Gasteiger partial charge in [-0.05, 0) is 69.3 Å². The smallest absolute Gasteiger partial charge is 0.177 e. The third-order valence-electron chi connectivity index (χ3n) is 9.09. The minimum absolute atomic E-state index is 0.503. The van der Waals surface area contributed by atoms with Gasteiger partial charge in [-0.25, -0.2) is 0 Å². The standard InChI is InChI=1S/C42H27NO2/c1-3-14-28(15-4-1)42(29-16-5-2-6-17-29)35-22-10-9-19-31(35)34-26-39-40(27-36(34)42)44-38-24-13-21-33(41(38)45-39)30-18-7-8-20-32(30)37-23-11-12-25-43-37/h1-27H. The van der Waals surface area contributed by atoms with Crippen molar-refractivity contribution in [1.29, 1.82) is 0 Å². The fraction of sp³-hybridized carbons (Fsp3) is 0.0238. The van der Waals surface area contributed by atoms with Crippen LogP contribution in [0, 0.1) is 0 Å². The van der Waals surface area contributed by atoms with Crippen LogP contribution < -0.4 is 9.47 Å². The molecule has 0 amide bonds. The third kappa shape index (κ3) is 3.81. The van der Waals surface area contributed by atoms with Crippen molar-refractivity contribution in [2.24, 2.45) is 0 Å². The number of ether oxygens (including phenoxy) is 2. The van der Waals surface area contributed by atoms with E-state index < -0.39 is 5.41 Å². The second-order valence-electron chi connectivity index (χ2n) is 11.5. The van der Waals surface area contributed by atoms with Crippen LogP contribution in [0.2, 0.25) is 0 Å². The van der Waals surface area contributed by atoms with Gasteiger partial charge in [0.15, 0.2) is 23.0 Å². The summed E-state index contributed by atoms with van der Waals surface area (Å²) >= 11 is 0. The molecule has 3 heteroatoms. The van der Waals surface area contributed by atoms with Crippen molar-refractivity contribution in [2.75, 3.05) is 0 Å². The molecule has 2 heterocycles. The molecule has 0 bridgehead atoms. The number of hydrogen-bond donors (Lipinski definition) is 0. The van der Waals surface area contributed by atoms with E-state index in [1.807, 2.05) is 42.6 Å². The topological polar surface area (TPSA) is 31.4 Å². The summed E-state index contributed by atoms with van der Waals surface area (Å²) < 4.78 is 13.6. The Bertz CT molecular complexity index is 2170. The molecule has 7 aromatic rings. The third-order valence-corrected chi connectivity index (χ3v) is 9.09. The maximum Gasteiger partial charge on any atom is 0.177 e. The summed E-state index contributed by atoms with van der Waals surface area (Å²) in [5, 5.41) is 0. The number of benzene rings is 6. The minimum atomic E-state index is -0.503. The summed E-state index contributed by atoms with van der Waals surface area (Å²) in [6.45, 7) is 0. The van der Waals surface area contributed by atoms with Crippen LogP contribution >= 0.6 is 0 Å². The monoisotopic (exact) mass is 577 g/mol. The van der Waals surface area contributed by atoms with E-state index in [1.165, 1.54) is 27.8 Å². The highest BCUT2D eigenvalue weighted by Gasteiger charge is 2.47. The van der Waals surface area contributed by atoms with E-state index in [4.69, 9.17) is 9.47 Å². The van der Waals surface area contributed by atoms with Crippen molar-refractivity contribution in [2.45, 2.75) is 5.41 Å². The summed E-state index contributed by atoms with van der Waals surface area (Å²) in [6.07, 6.45) is 1.83. The zero-order valence-electron chi connectivity index (χ0n) is 24.4. The molecule has 212 valence electrons. The van der Waals surface area contributed by atoms with Crippen LogP contribution in [0.4, 0.5) is 0 Å². The molecule has 0 fully saturated rings. The maximum absolute atomic E-state index is 6.83. The summed E-state index contributed by atoms with van der Waals surface area (Å²) in [6, 6.07) is 55.1. The average Bonchev–Trinajstić information content (AvgIpc) is 3.40. The molecule has 45 heavy (non-hydrogen) atoms. The van der Waals surface area contributed by atoms with Crippen LogP contribution in [0.1, 0.15) is 22.3 Å². The van der Waals surface area contributed by atoms with Crippen molar-refractivity contribution in [3.8, 4) is 56.5 Å². The highest BCUT2D eigenvalue weighted by atomic mass is 16.6. The highest BCUT2D eigenvalue weighted by Crippen LogP contribution is 2.60. The van der Waals surface area contributed by atoms with Crippen LogP contribution in [0.3, 0.4) is 0 Å². The molecule has 6 aromatic carbocycles. The van der Waals surface area contributed by atoms with Crippen molar-refractivity contribution >= 4 is 0 Å².